The molecule has 0 amide bonds. The summed E-state index contributed by atoms with van der Waals surface area (Å²) in [4.78, 5) is 0.325. The van der Waals surface area contributed by atoms with Crippen LogP contribution in [0.4, 0.5) is 0 Å². The standard InChI is InChI=1S/C18H25N5O3S/c1-12-10-16(13(2)9-15(12)26-3)27(24,25)22-7-8-23-17(11-22)20-21-18(23)14-5-4-6-19-14/h9-10,14,19H,4-8,11H2,1-3H3. The van der Waals surface area contributed by atoms with Crippen LogP contribution in [0.5, 0.6) is 5.75 Å². The van der Waals surface area contributed by atoms with Gasteiger partial charge in [-0.15, -0.1) is 10.2 Å². The highest BCUT2D eigenvalue weighted by Gasteiger charge is 2.33. The molecule has 2 aromatic rings. The van der Waals surface area contributed by atoms with E-state index >= 15 is 0 Å². The Morgan fingerprint density at radius 1 is 1.19 bits per heavy atom. The molecule has 3 heterocycles. The van der Waals surface area contributed by atoms with Gasteiger partial charge < -0.3 is 14.6 Å². The number of methoxy groups -OCH3 is 1. The molecule has 1 atom stereocenters. The first-order valence-electron chi connectivity index (χ1n) is 9.22. The SMILES string of the molecule is COc1cc(C)c(S(=O)(=O)N2CCn3c(nnc3C3CCCN3)C2)cc1C. The number of rotatable bonds is 4. The maximum absolute atomic E-state index is 13.2. The van der Waals surface area contributed by atoms with Crippen molar-refractivity contribution in [3.63, 3.8) is 0 Å². The van der Waals surface area contributed by atoms with Crippen LogP contribution in [-0.2, 0) is 23.1 Å². The number of aryl methyl sites for hydroxylation is 2. The smallest absolute Gasteiger partial charge is 0.243 e. The van der Waals surface area contributed by atoms with Crippen molar-refractivity contribution in [2.24, 2.45) is 0 Å². The van der Waals surface area contributed by atoms with Crippen molar-refractivity contribution in [2.75, 3.05) is 20.2 Å². The first-order chi connectivity index (χ1) is 12.9. The van der Waals surface area contributed by atoms with Gasteiger partial charge in [-0.05, 0) is 56.5 Å². The third-order valence-electron chi connectivity index (χ3n) is 5.43. The number of nitrogens with zero attached hydrogens (tertiary/aromatic N) is 4. The van der Waals surface area contributed by atoms with E-state index in [9.17, 15) is 8.42 Å². The lowest BCUT2D eigenvalue weighted by Gasteiger charge is -2.28. The summed E-state index contributed by atoms with van der Waals surface area (Å²) >= 11 is 0. The van der Waals surface area contributed by atoms with Gasteiger partial charge in [-0.1, -0.05) is 0 Å². The summed E-state index contributed by atoms with van der Waals surface area (Å²) in [6.07, 6.45) is 2.17. The van der Waals surface area contributed by atoms with Crippen molar-refractivity contribution in [2.45, 2.75) is 50.7 Å². The predicted molar refractivity (Wildman–Crippen MR) is 100 cm³/mol. The van der Waals surface area contributed by atoms with Gasteiger partial charge in [0, 0.05) is 13.1 Å². The van der Waals surface area contributed by atoms with Gasteiger partial charge in [0.05, 0.1) is 24.6 Å². The molecule has 0 radical (unpaired) electrons. The maximum atomic E-state index is 13.2. The molecule has 1 fully saturated rings. The van der Waals surface area contributed by atoms with Crippen molar-refractivity contribution >= 4 is 10.0 Å². The van der Waals surface area contributed by atoms with Crippen LogP contribution in [0.1, 0.15) is 41.7 Å². The monoisotopic (exact) mass is 391 g/mol. The molecule has 0 aliphatic carbocycles. The van der Waals surface area contributed by atoms with E-state index in [4.69, 9.17) is 4.74 Å². The number of nitrogens with one attached hydrogen (secondary N) is 1. The molecule has 1 saturated heterocycles. The fourth-order valence-corrected chi connectivity index (χ4v) is 5.60. The van der Waals surface area contributed by atoms with Gasteiger partial charge in [-0.25, -0.2) is 8.42 Å². The predicted octanol–water partition coefficient (Wildman–Crippen LogP) is 1.53. The minimum absolute atomic E-state index is 0.223. The van der Waals surface area contributed by atoms with Crippen molar-refractivity contribution in [1.29, 1.82) is 0 Å². The summed E-state index contributed by atoms with van der Waals surface area (Å²) in [5.74, 6) is 2.32. The van der Waals surface area contributed by atoms with E-state index < -0.39 is 10.0 Å². The summed E-state index contributed by atoms with van der Waals surface area (Å²) in [7, 11) is -2.02. The largest absolute Gasteiger partial charge is 0.496 e. The summed E-state index contributed by atoms with van der Waals surface area (Å²) < 4.78 is 35.4. The third-order valence-corrected chi connectivity index (χ3v) is 7.42. The minimum Gasteiger partial charge on any atom is -0.496 e. The van der Waals surface area contributed by atoms with E-state index in [0.29, 0.717) is 35.1 Å². The first-order valence-corrected chi connectivity index (χ1v) is 10.7. The fraction of sp³-hybridized carbons (Fsp3) is 0.556. The van der Waals surface area contributed by atoms with Crippen LogP contribution in [0.2, 0.25) is 0 Å². The van der Waals surface area contributed by atoms with Gasteiger partial charge in [0.15, 0.2) is 0 Å². The van der Waals surface area contributed by atoms with E-state index in [2.05, 4.69) is 20.1 Å². The molecular formula is C18H25N5O3S. The molecule has 1 unspecified atom stereocenters. The van der Waals surface area contributed by atoms with Crippen LogP contribution in [0.25, 0.3) is 0 Å². The van der Waals surface area contributed by atoms with Gasteiger partial charge >= 0.3 is 0 Å². The van der Waals surface area contributed by atoms with Crippen molar-refractivity contribution in [1.82, 2.24) is 24.4 Å². The van der Waals surface area contributed by atoms with Crippen LogP contribution in [0.15, 0.2) is 17.0 Å². The van der Waals surface area contributed by atoms with Gasteiger partial charge in [-0.2, -0.15) is 4.31 Å². The molecule has 1 N–H and O–H groups in total. The highest BCUT2D eigenvalue weighted by atomic mass is 32.2. The first kappa shape index (κ1) is 18.4. The van der Waals surface area contributed by atoms with Crippen LogP contribution in [-0.4, -0.2) is 47.7 Å². The molecule has 1 aromatic heterocycles. The number of hydrogen-bond acceptors (Lipinski definition) is 6. The number of benzene rings is 1. The third kappa shape index (κ3) is 3.13. The van der Waals surface area contributed by atoms with E-state index in [-0.39, 0.29) is 12.6 Å². The average molecular weight is 391 g/mol. The zero-order valence-corrected chi connectivity index (χ0v) is 16.7. The Labute approximate surface area is 159 Å². The van der Waals surface area contributed by atoms with Gasteiger partial charge in [0.1, 0.15) is 17.4 Å². The minimum atomic E-state index is -3.61. The Morgan fingerprint density at radius 3 is 2.70 bits per heavy atom. The molecule has 2 aliphatic heterocycles. The van der Waals surface area contributed by atoms with Crippen molar-refractivity contribution < 1.29 is 13.2 Å². The second-order valence-corrected chi connectivity index (χ2v) is 9.11. The molecule has 146 valence electrons. The zero-order chi connectivity index (χ0) is 19.2. The van der Waals surface area contributed by atoms with Crippen LogP contribution in [0.3, 0.4) is 0 Å². The lowest BCUT2D eigenvalue weighted by atomic mass is 10.1. The Bertz CT molecular complexity index is 964. The van der Waals surface area contributed by atoms with Gasteiger partial charge in [0.2, 0.25) is 10.0 Å². The summed E-state index contributed by atoms with van der Waals surface area (Å²) in [5, 5.41) is 12.0. The molecule has 1 aromatic carbocycles. The molecule has 2 aliphatic rings. The van der Waals surface area contributed by atoms with Crippen molar-refractivity contribution in [3.05, 3.63) is 34.9 Å². The molecule has 27 heavy (non-hydrogen) atoms. The summed E-state index contributed by atoms with van der Waals surface area (Å²) in [5.41, 5.74) is 1.48. The van der Waals surface area contributed by atoms with E-state index in [1.165, 1.54) is 4.31 Å². The lowest BCUT2D eigenvalue weighted by Crippen LogP contribution is -2.39. The van der Waals surface area contributed by atoms with E-state index in [1.807, 2.05) is 6.92 Å². The van der Waals surface area contributed by atoms with E-state index in [0.717, 1.165) is 30.8 Å². The maximum Gasteiger partial charge on any atom is 0.243 e. The zero-order valence-electron chi connectivity index (χ0n) is 15.9. The lowest BCUT2D eigenvalue weighted by molar-refractivity contribution is 0.328. The highest BCUT2D eigenvalue weighted by molar-refractivity contribution is 7.89. The molecule has 4 rings (SSSR count). The second-order valence-electron chi connectivity index (χ2n) is 7.20. The highest BCUT2D eigenvalue weighted by Crippen LogP contribution is 2.30. The second kappa shape index (κ2) is 6.88. The quantitative estimate of drug-likeness (QED) is 0.850. The number of hydrogen-bond donors (Lipinski definition) is 1. The van der Waals surface area contributed by atoms with Gasteiger partial charge in [-0.3, -0.25) is 0 Å². The average Bonchev–Trinajstić information content (AvgIpc) is 3.31. The number of aromatic nitrogens is 3. The summed E-state index contributed by atoms with van der Waals surface area (Å²) in [6.45, 7) is 5.87. The molecule has 0 bridgehead atoms. The van der Waals surface area contributed by atoms with E-state index in [1.54, 1.807) is 26.2 Å². The molecule has 9 heteroatoms. The number of fused-ring (bicyclic) bond motifs is 1. The topological polar surface area (TPSA) is 89.4 Å². The molecule has 0 saturated carbocycles. The van der Waals surface area contributed by atoms with Crippen LogP contribution >= 0.6 is 0 Å². The normalized spacial score (nSPS) is 20.6. The molecule has 0 spiro atoms. The van der Waals surface area contributed by atoms with Crippen molar-refractivity contribution in [3.8, 4) is 5.75 Å². The Kier molecular flexibility index (Phi) is 4.69. The fourth-order valence-electron chi connectivity index (χ4n) is 3.93. The van der Waals surface area contributed by atoms with Crippen LogP contribution in [0, 0.1) is 13.8 Å². The molecular weight excluding hydrogens is 366 g/mol. The van der Waals surface area contributed by atoms with Gasteiger partial charge in [0.25, 0.3) is 0 Å². The Morgan fingerprint density at radius 2 is 2.00 bits per heavy atom. The molecule has 8 nitrogen and oxygen atoms in total. The number of ether oxygens (including phenoxy) is 1. The van der Waals surface area contributed by atoms with Crippen LogP contribution < -0.4 is 10.1 Å². The Balaban J connectivity index is 1.63. The Hall–Kier alpha value is -1.97. The summed E-state index contributed by atoms with van der Waals surface area (Å²) in [6, 6.07) is 3.69. The number of sulfonamides is 1.